The van der Waals surface area contributed by atoms with Crippen LogP contribution in [0.5, 0.6) is 23.0 Å². The molecule has 0 radical (unpaired) electrons. The van der Waals surface area contributed by atoms with E-state index in [4.69, 9.17) is 23.8 Å². The van der Waals surface area contributed by atoms with E-state index in [0.29, 0.717) is 46.5 Å². The number of methoxy groups -OCH3 is 3. The molecule has 0 saturated carbocycles. The number of para-hydroxylation sites is 1. The van der Waals surface area contributed by atoms with Gasteiger partial charge in [0.05, 0.1) is 45.4 Å². The molecule has 198 valence electrons. The van der Waals surface area contributed by atoms with Crippen LogP contribution in [0.2, 0.25) is 0 Å². The van der Waals surface area contributed by atoms with Crippen molar-refractivity contribution in [2.24, 2.45) is 5.92 Å². The fraction of sp³-hybridized carbons (Fsp3) is 0.310. The third-order valence-electron chi connectivity index (χ3n) is 6.72. The van der Waals surface area contributed by atoms with Gasteiger partial charge in [-0.25, -0.2) is 9.96 Å². The second-order valence-corrected chi connectivity index (χ2v) is 8.97. The predicted octanol–water partition coefficient (Wildman–Crippen LogP) is 4.55. The lowest BCUT2D eigenvalue weighted by Gasteiger charge is -2.29. The van der Waals surface area contributed by atoms with Gasteiger partial charge in [-0.2, -0.15) is 0 Å². The van der Waals surface area contributed by atoms with E-state index >= 15 is 0 Å². The van der Waals surface area contributed by atoms with Crippen LogP contribution in [-0.2, 0) is 14.4 Å². The maximum absolute atomic E-state index is 13.9. The number of fused-ring (bicyclic) bond motifs is 1. The van der Waals surface area contributed by atoms with E-state index in [1.165, 1.54) is 26.2 Å². The van der Waals surface area contributed by atoms with E-state index in [9.17, 15) is 9.59 Å². The molecular formula is C29H30N2O7. The van der Waals surface area contributed by atoms with Crippen molar-refractivity contribution in [3.8, 4) is 23.0 Å². The Morgan fingerprint density at radius 2 is 1.47 bits per heavy atom. The van der Waals surface area contributed by atoms with Crippen molar-refractivity contribution in [3.05, 3.63) is 72.3 Å². The lowest BCUT2D eigenvalue weighted by atomic mass is 9.90. The second kappa shape index (κ2) is 10.6. The highest BCUT2D eigenvalue weighted by atomic mass is 16.7. The minimum Gasteiger partial charge on any atom is -0.494 e. The second-order valence-electron chi connectivity index (χ2n) is 8.97. The van der Waals surface area contributed by atoms with E-state index in [1.807, 2.05) is 37.3 Å². The van der Waals surface area contributed by atoms with Crippen LogP contribution in [-0.4, -0.2) is 45.9 Å². The van der Waals surface area contributed by atoms with Gasteiger partial charge in [0.1, 0.15) is 11.7 Å². The molecule has 3 unspecified atom stereocenters. The molecule has 5 rings (SSSR count). The van der Waals surface area contributed by atoms with E-state index in [-0.39, 0.29) is 5.91 Å². The summed E-state index contributed by atoms with van der Waals surface area (Å²) < 4.78 is 22.3. The average molecular weight is 519 g/mol. The zero-order valence-corrected chi connectivity index (χ0v) is 21.7. The summed E-state index contributed by atoms with van der Waals surface area (Å²) >= 11 is 0. The molecule has 38 heavy (non-hydrogen) atoms. The normalized spacial score (nSPS) is 20.5. The fourth-order valence-electron chi connectivity index (χ4n) is 4.99. The van der Waals surface area contributed by atoms with Crippen molar-refractivity contribution >= 4 is 23.2 Å². The first-order valence-electron chi connectivity index (χ1n) is 12.4. The molecule has 2 fully saturated rings. The molecule has 2 aliphatic rings. The predicted molar refractivity (Wildman–Crippen MR) is 141 cm³/mol. The van der Waals surface area contributed by atoms with Crippen LogP contribution < -0.4 is 28.9 Å². The number of hydroxylamine groups is 1. The van der Waals surface area contributed by atoms with Gasteiger partial charge < -0.3 is 18.9 Å². The summed E-state index contributed by atoms with van der Waals surface area (Å²) in [5.74, 6) is 0.418. The van der Waals surface area contributed by atoms with E-state index in [1.54, 1.807) is 41.5 Å². The van der Waals surface area contributed by atoms with Crippen LogP contribution in [0.4, 0.5) is 11.4 Å². The molecule has 3 aromatic rings. The van der Waals surface area contributed by atoms with Crippen LogP contribution >= 0.6 is 0 Å². The first kappa shape index (κ1) is 25.4. The number of carbonyl (C=O) groups excluding carboxylic acids is 2. The Kier molecular flexibility index (Phi) is 7.11. The van der Waals surface area contributed by atoms with Crippen molar-refractivity contribution in [1.82, 2.24) is 0 Å². The Morgan fingerprint density at radius 1 is 0.816 bits per heavy atom. The lowest BCUT2D eigenvalue weighted by Crippen LogP contribution is -2.37. The Bertz CT molecular complexity index is 1290. The summed E-state index contributed by atoms with van der Waals surface area (Å²) in [5.41, 5.74) is 1.86. The molecule has 0 aliphatic carbocycles. The van der Waals surface area contributed by atoms with Crippen LogP contribution in [0.25, 0.3) is 0 Å². The Balaban J connectivity index is 1.56. The van der Waals surface area contributed by atoms with Gasteiger partial charge in [0.25, 0.3) is 5.91 Å². The summed E-state index contributed by atoms with van der Waals surface area (Å²) in [6, 6.07) is 19.3. The topological polar surface area (TPSA) is 86.8 Å². The summed E-state index contributed by atoms with van der Waals surface area (Å²) in [5, 5.41) is 1.63. The molecule has 3 aromatic carbocycles. The van der Waals surface area contributed by atoms with Gasteiger partial charge in [0.15, 0.2) is 17.6 Å². The van der Waals surface area contributed by atoms with Crippen LogP contribution in [0.15, 0.2) is 66.7 Å². The van der Waals surface area contributed by atoms with E-state index in [2.05, 4.69) is 0 Å². The first-order valence-corrected chi connectivity index (χ1v) is 12.4. The maximum atomic E-state index is 13.9. The third-order valence-corrected chi connectivity index (χ3v) is 6.72. The maximum Gasteiger partial charge on any atom is 0.266 e. The van der Waals surface area contributed by atoms with Crippen molar-refractivity contribution in [2.75, 3.05) is 37.9 Å². The summed E-state index contributed by atoms with van der Waals surface area (Å²) in [7, 11) is 4.59. The SMILES string of the molecule is CCCOc1ccc(N2C(=O)C3ON(c4ccccc4)C(c4cc(OC)c(OC)c(OC)c4)C3C2=O)cc1. The molecule has 3 atom stereocenters. The van der Waals surface area contributed by atoms with Gasteiger partial charge >= 0.3 is 0 Å². The van der Waals surface area contributed by atoms with Crippen LogP contribution in [0, 0.1) is 5.92 Å². The molecule has 0 bridgehead atoms. The van der Waals surface area contributed by atoms with Gasteiger partial charge in [0.2, 0.25) is 11.7 Å². The van der Waals surface area contributed by atoms with Gasteiger partial charge in [-0.1, -0.05) is 25.1 Å². The molecule has 9 nitrogen and oxygen atoms in total. The highest BCUT2D eigenvalue weighted by molar-refractivity contribution is 6.24. The number of carbonyl (C=O) groups is 2. The number of hydrogen-bond acceptors (Lipinski definition) is 8. The molecular weight excluding hydrogens is 488 g/mol. The molecule has 2 saturated heterocycles. The molecule has 2 aliphatic heterocycles. The average Bonchev–Trinajstić information content (AvgIpc) is 3.47. The minimum absolute atomic E-state index is 0.348. The molecule has 0 N–H and O–H groups in total. The van der Waals surface area contributed by atoms with E-state index < -0.39 is 24.0 Å². The number of benzene rings is 3. The molecule has 0 aromatic heterocycles. The minimum atomic E-state index is -0.997. The summed E-state index contributed by atoms with van der Waals surface area (Å²) in [6.45, 7) is 2.61. The quantitative estimate of drug-likeness (QED) is 0.382. The van der Waals surface area contributed by atoms with Crippen molar-refractivity contribution in [1.29, 1.82) is 0 Å². The molecule has 2 heterocycles. The Morgan fingerprint density at radius 3 is 2.05 bits per heavy atom. The molecule has 2 amide bonds. The number of imide groups is 1. The van der Waals surface area contributed by atoms with Crippen LogP contribution in [0.3, 0.4) is 0 Å². The fourth-order valence-corrected chi connectivity index (χ4v) is 4.99. The summed E-state index contributed by atoms with van der Waals surface area (Å²) in [4.78, 5) is 35.0. The largest absolute Gasteiger partial charge is 0.494 e. The third kappa shape index (κ3) is 4.28. The Hall–Kier alpha value is -4.24. The summed E-state index contributed by atoms with van der Waals surface area (Å²) in [6.07, 6.45) is -0.117. The van der Waals surface area contributed by atoms with Crippen molar-refractivity contribution in [3.63, 3.8) is 0 Å². The zero-order valence-electron chi connectivity index (χ0n) is 21.7. The number of ether oxygens (including phenoxy) is 4. The van der Waals surface area contributed by atoms with Gasteiger partial charge in [-0.15, -0.1) is 0 Å². The monoisotopic (exact) mass is 518 g/mol. The number of hydrogen-bond donors (Lipinski definition) is 0. The number of rotatable bonds is 9. The van der Waals surface area contributed by atoms with Gasteiger partial charge in [0, 0.05) is 0 Å². The number of anilines is 2. The van der Waals surface area contributed by atoms with E-state index in [0.717, 1.165) is 6.42 Å². The highest BCUT2D eigenvalue weighted by Gasteiger charge is 2.60. The van der Waals surface area contributed by atoms with Gasteiger partial charge in [-0.3, -0.25) is 14.4 Å². The van der Waals surface area contributed by atoms with Crippen molar-refractivity contribution in [2.45, 2.75) is 25.5 Å². The Labute approximate surface area is 221 Å². The first-order chi connectivity index (χ1) is 18.5. The molecule has 0 spiro atoms. The highest BCUT2D eigenvalue weighted by Crippen LogP contribution is 2.50. The zero-order chi connectivity index (χ0) is 26.8. The van der Waals surface area contributed by atoms with Crippen molar-refractivity contribution < 1.29 is 33.4 Å². The standard InChI is InChI=1S/C29H30N2O7/c1-5-15-37-21-13-11-19(12-14-21)30-28(32)24-25(18-16-22(34-2)26(36-4)23(17-18)35-3)31(38-27(24)29(30)33)20-9-7-6-8-10-20/h6-14,16-17,24-25,27H,5,15H2,1-4H3. The number of amides is 2. The lowest BCUT2D eigenvalue weighted by molar-refractivity contribution is -0.126. The van der Waals surface area contributed by atoms with Gasteiger partial charge in [-0.05, 0) is 60.5 Å². The number of nitrogens with zero attached hydrogens (tertiary/aromatic N) is 2. The molecule has 9 heteroatoms. The van der Waals surface area contributed by atoms with Crippen LogP contribution in [0.1, 0.15) is 24.9 Å². The smallest absolute Gasteiger partial charge is 0.266 e.